The smallest absolute Gasteiger partial charge is 0.330 e. The van der Waals surface area contributed by atoms with Crippen molar-refractivity contribution in [2.75, 3.05) is 7.11 Å². The van der Waals surface area contributed by atoms with Crippen LogP contribution in [0.1, 0.15) is 11.1 Å². The lowest BCUT2D eigenvalue weighted by Gasteiger charge is -1.96. The Morgan fingerprint density at radius 3 is 2.69 bits per heavy atom. The fraction of sp³-hybridized carbons (Fsp3) is 0.0769. The average Bonchev–Trinajstić information content (AvgIpc) is 2.34. The Hall–Kier alpha value is -2.34. The van der Waals surface area contributed by atoms with Crippen LogP contribution in [-0.4, -0.2) is 13.1 Å². The Morgan fingerprint density at radius 1 is 1.38 bits per heavy atom. The van der Waals surface area contributed by atoms with E-state index in [4.69, 9.17) is 5.26 Å². The van der Waals surface area contributed by atoms with Gasteiger partial charge in [0.05, 0.1) is 13.2 Å². The molecule has 1 aromatic carbocycles. The first-order chi connectivity index (χ1) is 7.76. The fourth-order valence-electron chi connectivity index (χ4n) is 1.13. The van der Waals surface area contributed by atoms with E-state index < -0.39 is 5.97 Å². The lowest BCUT2D eigenvalue weighted by molar-refractivity contribution is -0.134. The van der Waals surface area contributed by atoms with Gasteiger partial charge in [-0.3, -0.25) is 0 Å². The van der Waals surface area contributed by atoms with Crippen molar-refractivity contribution in [1.29, 1.82) is 5.26 Å². The lowest BCUT2D eigenvalue weighted by atomic mass is 10.1. The van der Waals surface area contributed by atoms with Crippen molar-refractivity contribution in [1.82, 2.24) is 0 Å². The number of ether oxygens (including phenoxy) is 1. The van der Waals surface area contributed by atoms with Crippen LogP contribution in [0.2, 0.25) is 0 Å². The Kier molecular flexibility index (Phi) is 4.55. The van der Waals surface area contributed by atoms with E-state index in [1.165, 1.54) is 19.3 Å². The minimum absolute atomic E-state index is 0.391. The molecule has 0 aromatic heterocycles. The van der Waals surface area contributed by atoms with Gasteiger partial charge < -0.3 is 4.74 Å². The van der Waals surface area contributed by atoms with E-state index in [2.05, 4.69) is 4.74 Å². The standard InChI is InChI=1S/C13H11NO2/c1-16-13(15)8-7-12-5-2-4-11(10-12)6-3-9-14/h2-8,10H,1H3/b6-3+,8-7+. The van der Waals surface area contributed by atoms with Crippen molar-refractivity contribution < 1.29 is 9.53 Å². The first-order valence-corrected chi connectivity index (χ1v) is 4.68. The van der Waals surface area contributed by atoms with Gasteiger partial charge in [-0.25, -0.2) is 4.79 Å². The summed E-state index contributed by atoms with van der Waals surface area (Å²) in [5.74, 6) is -0.391. The van der Waals surface area contributed by atoms with Gasteiger partial charge in [0, 0.05) is 12.2 Å². The van der Waals surface area contributed by atoms with Crippen LogP contribution in [0.3, 0.4) is 0 Å². The molecule has 0 atom stereocenters. The molecule has 0 saturated heterocycles. The molecule has 1 rings (SSSR count). The monoisotopic (exact) mass is 213 g/mol. The Morgan fingerprint density at radius 2 is 2.06 bits per heavy atom. The third-order valence-electron chi connectivity index (χ3n) is 1.87. The summed E-state index contributed by atoms with van der Waals surface area (Å²) in [4.78, 5) is 10.9. The van der Waals surface area contributed by atoms with E-state index in [0.29, 0.717) is 0 Å². The molecule has 1 aromatic rings. The number of benzene rings is 1. The summed E-state index contributed by atoms with van der Waals surface area (Å²) in [5, 5.41) is 8.39. The predicted molar refractivity (Wildman–Crippen MR) is 62.1 cm³/mol. The highest BCUT2D eigenvalue weighted by Gasteiger charge is 1.92. The van der Waals surface area contributed by atoms with Gasteiger partial charge in [0.2, 0.25) is 0 Å². The van der Waals surface area contributed by atoms with Gasteiger partial charge >= 0.3 is 5.97 Å². The third kappa shape index (κ3) is 3.81. The van der Waals surface area contributed by atoms with E-state index >= 15 is 0 Å². The molecule has 3 nitrogen and oxygen atoms in total. The minimum atomic E-state index is -0.391. The molecular formula is C13H11NO2. The first-order valence-electron chi connectivity index (χ1n) is 4.68. The molecule has 0 bridgehead atoms. The average molecular weight is 213 g/mol. The molecule has 0 radical (unpaired) electrons. The Labute approximate surface area is 94.3 Å². The fourth-order valence-corrected chi connectivity index (χ4v) is 1.13. The van der Waals surface area contributed by atoms with Gasteiger partial charge in [-0.15, -0.1) is 0 Å². The maximum Gasteiger partial charge on any atom is 0.330 e. The Bertz CT molecular complexity index is 467. The van der Waals surface area contributed by atoms with Gasteiger partial charge in [-0.1, -0.05) is 18.2 Å². The molecular weight excluding hydrogens is 202 g/mol. The minimum Gasteiger partial charge on any atom is -0.466 e. The molecule has 16 heavy (non-hydrogen) atoms. The molecule has 0 aliphatic carbocycles. The third-order valence-corrected chi connectivity index (χ3v) is 1.87. The number of esters is 1. The summed E-state index contributed by atoms with van der Waals surface area (Å²) >= 11 is 0. The molecule has 0 saturated carbocycles. The van der Waals surface area contributed by atoms with Crippen molar-refractivity contribution in [3.8, 4) is 6.07 Å². The number of carbonyl (C=O) groups excluding carboxylic acids is 1. The molecule has 0 aliphatic heterocycles. The topological polar surface area (TPSA) is 50.1 Å². The molecule has 0 unspecified atom stereocenters. The summed E-state index contributed by atoms with van der Waals surface area (Å²) in [6.07, 6.45) is 6.13. The molecule has 0 N–H and O–H groups in total. The Balaban J connectivity index is 2.83. The van der Waals surface area contributed by atoms with Crippen molar-refractivity contribution in [2.24, 2.45) is 0 Å². The zero-order valence-corrected chi connectivity index (χ0v) is 8.88. The van der Waals surface area contributed by atoms with Crippen LogP contribution in [0.5, 0.6) is 0 Å². The number of hydrogen-bond donors (Lipinski definition) is 0. The summed E-state index contributed by atoms with van der Waals surface area (Å²) in [7, 11) is 1.33. The summed E-state index contributed by atoms with van der Waals surface area (Å²) in [6, 6.07) is 9.39. The first kappa shape index (κ1) is 11.7. The van der Waals surface area contributed by atoms with Crippen molar-refractivity contribution in [2.45, 2.75) is 0 Å². The molecule has 0 fully saturated rings. The highest BCUT2D eigenvalue weighted by Crippen LogP contribution is 2.08. The van der Waals surface area contributed by atoms with Crippen LogP contribution < -0.4 is 0 Å². The summed E-state index contributed by atoms with van der Waals surface area (Å²) < 4.78 is 4.48. The van der Waals surface area contributed by atoms with Crippen LogP contribution in [0.15, 0.2) is 36.4 Å². The normalized spacial score (nSPS) is 10.5. The van der Waals surface area contributed by atoms with E-state index in [-0.39, 0.29) is 0 Å². The second-order valence-corrected chi connectivity index (χ2v) is 2.99. The van der Waals surface area contributed by atoms with Crippen LogP contribution in [-0.2, 0) is 9.53 Å². The molecule has 0 amide bonds. The zero-order chi connectivity index (χ0) is 11.8. The zero-order valence-electron chi connectivity index (χ0n) is 8.88. The predicted octanol–water partition coefficient (Wildman–Crippen LogP) is 2.41. The highest BCUT2D eigenvalue weighted by molar-refractivity contribution is 5.87. The van der Waals surface area contributed by atoms with E-state index in [0.717, 1.165) is 11.1 Å². The number of hydrogen-bond acceptors (Lipinski definition) is 3. The summed E-state index contributed by atoms with van der Waals surface area (Å²) in [5.41, 5.74) is 1.79. The lowest BCUT2D eigenvalue weighted by Crippen LogP contribution is -1.93. The molecule has 3 heteroatoms. The molecule has 0 heterocycles. The maximum absolute atomic E-state index is 10.9. The summed E-state index contributed by atoms with van der Waals surface area (Å²) in [6.45, 7) is 0. The highest BCUT2D eigenvalue weighted by atomic mass is 16.5. The van der Waals surface area contributed by atoms with Crippen LogP contribution >= 0.6 is 0 Å². The van der Waals surface area contributed by atoms with Crippen molar-refractivity contribution in [3.05, 3.63) is 47.5 Å². The molecule has 0 aliphatic rings. The van der Waals surface area contributed by atoms with Gasteiger partial charge in [-0.05, 0) is 29.3 Å². The van der Waals surface area contributed by atoms with Crippen LogP contribution in [0, 0.1) is 11.3 Å². The van der Waals surface area contributed by atoms with E-state index in [9.17, 15) is 4.79 Å². The van der Waals surface area contributed by atoms with Gasteiger partial charge in [-0.2, -0.15) is 5.26 Å². The van der Waals surface area contributed by atoms with Gasteiger partial charge in [0.15, 0.2) is 0 Å². The quantitative estimate of drug-likeness (QED) is 0.440. The molecule has 80 valence electrons. The number of nitriles is 1. The largest absolute Gasteiger partial charge is 0.466 e. The number of rotatable bonds is 3. The SMILES string of the molecule is COC(=O)/C=C/c1cccc(/C=C/C#N)c1. The number of nitrogens with zero attached hydrogens (tertiary/aromatic N) is 1. The number of methoxy groups -OCH3 is 1. The second kappa shape index (κ2) is 6.20. The van der Waals surface area contributed by atoms with Crippen LogP contribution in [0.25, 0.3) is 12.2 Å². The number of allylic oxidation sites excluding steroid dienone is 1. The maximum atomic E-state index is 10.9. The van der Waals surface area contributed by atoms with Crippen molar-refractivity contribution in [3.63, 3.8) is 0 Å². The van der Waals surface area contributed by atoms with Gasteiger partial charge in [0.25, 0.3) is 0 Å². The second-order valence-electron chi connectivity index (χ2n) is 2.99. The van der Waals surface area contributed by atoms with Crippen molar-refractivity contribution >= 4 is 18.1 Å². The molecule has 0 spiro atoms. The van der Waals surface area contributed by atoms with Gasteiger partial charge in [0.1, 0.15) is 0 Å². The van der Waals surface area contributed by atoms with E-state index in [1.54, 1.807) is 12.2 Å². The number of carbonyl (C=O) groups is 1. The van der Waals surface area contributed by atoms with Crippen LogP contribution in [0.4, 0.5) is 0 Å². The van der Waals surface area contributed by atoms with E-state index in [1.807, 2.05) is 30.3 Å².